The van der Waals surface area contributed by atoms with E-state index in [4.69, 9.17) is 5.11 Å². The van der Waals surface area contributed by atoms with Crippen LogP contribution >= 0.6 is 0 Å². The zero-order valence-corrected chi connectivity index (χ0v) is 7.39. The van der Waals surface area contributed by atoms with Gasteiger partial charge in [-0.05, 0) is 0 Å². The first-order valence-corrected chi connectivity index (χ1v) is 4.07. The molecule has 7 heteroatoms. The number of aliphatic hydroxyl groups excluding tert-OH is 1. The van der Waals surface area contributed by atoms with Gasteiger partial charge in [-0.15, -0.1) is 0 Å². The summed E-state index contributed by atoms with van der Waals surface area (Å²) < 4.78 is 13.7. The predicted octanol–water partition coefficient (Wildman–Crippen LogP) is -0.760. The molecule has 80 valence electrons. The standard InChI is InChI=1S/C7H11NO6/c9-2-1-8-6(10)12-3-5-4-13-7(11)14-5/h5,9H,1-4H2,(H,8,10). The maximum absolute atomic E-state index is 10.8. The molecule has 1 saturated heterocycles. The van der Waals surface area contributed by atoms with E-state index in [1.807, 2.05) is 0 Å². The SMILES string of the molecule is O=C(NCCO)OCC1COC(=O)O1. The van der Waals surface area contributed by atoms with Crippen molar-refractivity contribution in [2.45, 2.75) is 6.10 Å². The maximum Gasteiger partial charge on any atom is 0.508 e. The lowest BCUT2D eigenvalue weighted by atomic mass is 10.4. The second-order valence-electron chi connectivity index (χ2n) is 2.55. The van der Waals surface area contributed by atoms with Gasteiger partial charge in [0.15, 0.2) is 6.10 Å². The molecule has 2 N–H and O–H groups in total. The lowest BCUT2D eigenvalue weighted by Crippen LogP contribution is -2.30. The molecule has 1 aliphatic heterocycles. The Labute approximate surface area is 79.9 Å². The van der Waals surface area contributed by atoms with Gasteiger partial charge >= 0.3 is 12.2 Å². The summed E-state index contributed by atoms with van der Waals surface area (Å²) in [6.45, 7) is 0.00548. The molecule has 0 aromatic heterocycles. The van der Waals surface area contributed by atoms with Crippen LogP contribution in [0.15, 0.2) is 0 Å². The minimum absolute atomic E-state index is 0.0526. The van der Waals surface area contributed by atoms with Crippen molar-refractivity contribution >= 4 is 12.2 Å². The molecule has 1 rings (SSSR count). The molecular weight excluding hydrogens is 194 g/mol. The van der Waals surface area contributed by atoms with Gasteiger partial charge in [-0.2, -0.15) is 0 Å². The van der Waals surface area contributed by atoms with Crippen molar-refractivity contribution in [1.29, 1.82) is 0 Å². The summed E-state index contributed by atoms with van der Waals surface area (Å²) in [5.74, 6) is 0. The first-order valence-electron chi connectivity index (χ1n) is 4.07. The van der Waals surface area contributed by atoms with Gasteiger partial charge in [0.1, 0.15) is 13.2 Å². The zero-order chi connectivity index (χ0) is 10.4. The highest BCUT2D eigenvalue weighted by Crippen LogP contribution is 2.05. The van der Waals surface area contributed by atoms with Crippen LogP contribution in [-0.2, 0) is 14.2 Å². The molecule has 1 unspecified atom stereocenters. The molecule has 14 heavy (non-hydrogen) atoms. The molecule has 0 spiro atoms. The number of hydrogen-bond donors (Lipinski definition) is 2. The van der Waals surface area contributed by atoms with Gasteiger partial charge in [0.05, 0.1) is 6.61 Å². The van der Waals surface area contributed by atoms with Crippen LogP contribution < -0.4 is 5.32 Å². The number of cyclic esters (lactones) is 2. The van der Waals surface area contributed by atoms with Gasteiger partial charge < -0.3 is 24.6 Å². The van der Waals surface area contributed by atoms with Crippen LogP contribution in [0.25, 0.3) is 0 Å². The summed E-state index contributed by atoms with van der Waals surface area (Å²) in [6.07, 6.45) is -1.96. The van der Waals surface area contributed by atoms with Gasteiger partial charge in [-0.3, -0.25) is 0 Å². The van der Waals surface area contributed by atoms with Crippen LogP contribution in [0.4, 0.5) is 9.59 Å². The number of rotatable bonds is 4. The molecule has 1 fully saturated rings. The Morgan fingerprint density at radius 2 is 2.50 bits per heavy atom. The minimum Gasteiger partial charge on any atom is -0.445 e. The highest BCUT2D eigenvalue weighted by molar-refractivity contribution is 5.67. The van der Waals surface area contributed by atoms with Crippen molar-refractivity contribution in [3.05, 3.63) is 0 Å². The number of alkyl carbamates (subject to hydrolysis) is 1. The molecule has 0 aromatic rings. The fraction of sp³-hybridized carbons (Fsp3) is 0.714. The van der Waals surface area contributed by atoms with Gasteiger partial charge in [0.25, 0.3) is 0 Å². The van der Waals surface area contributed by atoms with E-state index in [0.717, 1.165) is 0 Å². The summed E-state index contributed by atoms with van der Waals surface area (Å²) in [5.41, 5.74) is 0. The third-order valence-corrected chi connectivity index (χ3v) is 1.43. The van der Waals surface area contributed by atoms with E-state index < -0.39 is 18.4 Å². The normalized spacial score (nSPS) is 19.8. The van der Waals surface area contributed by atoms with Gasteiger partial charge in [0, 0.05) is 6.54 Å². The molecule has 1 heterocycles. The van der Waals surface area contributed by atoms with Crippen LogP contribution in [0, 0.1) is 0 Å². The Kier molecular flexibility index (Phi) is 3.99. The van der Waals surface area contributed by atoms with Crippen molar-refractivity contribution in [2.75, 3.05) is 26.4 Å². The summed E-state index contributed by atoms with van der Waals surface area (Å²) >= 11 is 0. The Bertz CT molecular complexity index is 218. The number of carbonyl (C=O) groups excluding carboxylic acids is 2. The minimum atomic E-state index is -0.755. The molecule has 7 nitrogen and oxygen atoms in total. The Morgan fingerprint density at radius 3 is 3.07 bits per heavy atom. The average Bonchev–Trinajstić information content (AvgIpc) is 2.58. The van der Waals surface area contributed by atoms with Crippen molar-refractivity contribution in [2.24, 2.45) is 0 Å². The number of aliphatic hydroxyl groups is 1. The monoisotopic (exact) mass is 205 g/mol. The summed E-state index contributed by atoms with van der Waals surface area (Å²) in [4.78, 5) is 21.3. The largest absolute Gasteiger partial charge is 0.508 e. The topological polar surface area (TPSA) is 94.1 Å². The van der Waals surface area contributed by atoms with Gasteiger partial charge in [-0.25, -0.2) is 9.59 Å². The number of hydrogen-bond acceptors (Lipinski definition) is 6. The summed E-state index contributed by atoms with van der Waals surface area (Å²) in [7, 11) is 0. The van der Waals surface area contributed by atoms with Gasteiger partial charge in [0.2, 0.25) is 0 Å². The molecule has 0 aliphatic carbocycles. The average molecular weight is 205 g/mol. The van der Waals surface area contributed by atoms with E-state index in [9.17, 15) is 9.59 Å². The van der Waals surface area contributed by atoms with Crippen molar-refractivity contribution < 1.29 is 28.9 Å². The second kappa shape index (κ2) is 5.28. The highest BCUT2D eigenvalue weighted by Gasteiger charge is 2.26. The van der Waals surface area contributed by atoms with Crippen LogP contribution in [-0.4, -0.2) is 49.8 Å². The second-order valence-corrected chi connectivity index (χ2v) is 2.55. The van der Waals surface area contributed by atoms with E-state index >= 15 is 0 Å². The molecule has 0 saturated carbocycles. The van der Waals surface area contributed by atoms with E-state index in [-0.39, 0.29) is 26.4 Å². The molecular formula is C7H11NO6. The Balaban J connectivity index is 2.08. The lowest BCUT2D eigenvalue weighted by molar-refractivity contribution is 0.0722. The molecule has 1 atom stereocenters. The van der Waals surface area contributed by atoms with Crippen molar-refractivity contribution in [1.82, 2.24) is 5.32 Å². The number of amides is 1. The van der Waals surface area contributed by atoms with E-state index in [1.165, 1.54) is 0 Å². The summed E-state index contributed by atoms with van der Waals surface area (Å²) in [6, 6.07) is 0. The Morgan fingerprint density at radius 1 is 1.71 bits per heavy atom. The van der Waals surface area contributed by atoms with E-state index in [2.05, 4.69) is 19.5 Å². The molecule has 1 aliphatic rings. The lowest BCUT2D eigenvalue weighted by Gasteiger charge is -2.08. The predicted molar refractivity (Wildman–Crippen MR) is 42.7 cm³/mol. The summed E-state index contributed by atoms with van der Waals surface area (Å²) in [5, 5.41) is 10.6. The first-order chi connectivity index (χ1) is 6.72. The molecule has 0 radical (unpaired) electrons. The van der Waals surface area contributed by atoms with Crippen LogP contribution in [0.3, 0.4) is 0 Å². The third kappa shape index (κ3) is 3.48. The van der Waals surface area contributed by atoms with E-state index in [0.29, 0.717) is 0 Å². The quantitative estimate of drug-likeness (QED) is 0.586. The number of carbonyl (C=O) groups is 2. The molecule has 0 aromatic carbocycles. The van der Waals surface area contributed by atoms with Crippen molar-refractivity contribution in [3.63, 3.8) is 0 Å². The number of nitrogens with one attached hydrogen (secondary N) is 1. The maximum atomic E-state index is 10.8. The van der Waals surface area contributed by atoms with Crippen molar-refractivity contribution in [3.8, 4) is 0 Å². The van der Waals surface area contributed by atoms with Crippen LogP contribution in [0.1, 0.15) is 0 Å². The van der Waals surface area contributed by atoms with E-state index in [1.54, 1.807) is 0 Å². The van der Waals surface area contributed by atoms with Gasteiger partial charge in [-0.1, -0.05) is 0 Å². The smallest absolute Gasteiger partial charge is 0.445 e. The molecule has 0 bridgehead atoms. The zero-order valence-electron chi connectivity index (χ0n) is 7.39. The highest BCUT2D eigenvalue weighted by atomic mass is 16.8. The first kappa shape index (κ1) is 10.6. The Hall–Kier alpha value is -1.50. The fourth-order valence-corrected chi connectivity index (χ4v) is 0.825. The van der Waals surface area contributed by atoms with Crippen LogP contribution in [0.2, 0.25) is 0 Å². The third-order valence-electron chi connectivity index (χ3n) is 1.43. The molecule has 1 amide bonds. The fourth-order valence-electron chi connectivity index (χ4n) is 0.825. The van der Waals surface area contributed by atoms with Crippen LogP contribution in [0.5, 0.6) is 0 Å². The number of ether oxygens (including phenoxy) is 3.